The highest BCUT2D eigenvalue weighted by atomic mass is 32.2. The van der Waals surface area contributed by atoms with Crippen molar-refractivity contribution in [3.8, 4) is 11.5 Å². The second-order valence-electron chi connectivity index (χ2n) is 7.72. The number of hydrogen-bond acceptors (Lipinski definition) is 6. The van der Waals surface area contributed by atoms with E-state index in [1.54, 1.807) is 17.0 Å². The molecule has 0 atom stereocenters. The molecule has 1 aliphatic rings. The number of carbonyl (C=O) groups is 1. The lowest BCUT2D eigenvalue weighted by Crippen LogP contribution is -2.47. The molecule has 9 heteroatoms. The fourth-order valence-corrected chi connectivity index (χ4v) is 5.20. The second-order valence-corrected chi connectivity index (χ2v) is 9.63. The lowest BCUT2D eigenvalue weighted by Gasteiger charge is -2.29. The van der Waals surface area contributed by atoms with Gasteiger partial charge in [-0.2, -0.15) is 4.31 Å². The molecule has 2 aromatic carbocycles. The number of methoxy groups -OCH3 is 2. The van der Waals surface area contributed by atoms with E-state index in [0.29, 0.717) is 18.8 Å². The SMILES string of the molecule is COc1ccc(OC)c(S(=O)(=O)N(CCC(=O)N2CCNCC2)Cc2ccc(C)cc2)c1. The minimum Gasteiger partial charge on any atom is -0.497 e. The maximum absolute atomic E-state index is 13.7. The summed E-state index contributed by atoms with van der Waals surface area (Å²) in [5.74, 6) is 0.595. The van der Waals surface area contributed by atoms with Crippen LogP contribution in [0.25, 0.3) is 0 Å². The molecular formula is C23H31N3O5S. The van der Waals surface area contributed by atoms with Crippen molar-refractivity contribution in [1.29, 1.82) is 0 Å². The molecule has 1 fully saturated rings. The predicted molar refractivity (Wildman–Crippen MR) is 122 cm³/mol. The van der Waals surface area contributed by atoms with Crippen LogP contribution < -0.4 is 14.8 Å². The summed E-state index contributed by atoms with van der Waals surface area (Å²) in [6.45, 7) is 4.96. The number of nitrogens with zero attached hydrogens (tertiary/aromatic N) is 2. The zero-order valence-corrected chi connectivity index (χ0v) is 19.7. The predicted octanol–water partition coefficient (Wildman–Crippen LogP) is 2.03. The van der Waals surface area contributed by atoms with E-state index >= 15 is 0 Å². The average Bonchev–Trinajstić information content (AvgIpc) is 2.82. The third-order valence-electron chi connectivity index (χ3n) is 5.51. The first kappa shape index (κ1) is 24.0. The van der Waals surface area contributed by atoms with Gasteiger partial charge in [0.25, 0.3) is 0 Å². The van der Waals surface area contributed by atoms with Crippen molar-refractivity contribution in [2.75, 3.05) is 46.9 Å². The minimum atomic E-state index is -3.97. The second kappa shape index (κ2) is 10.8. The quantitative estimate of drug-likeness (QED) is 0.615. The van der Waals surface area contributed by atoms with Crippen molar-refractivity contribution in [3.05, 3.63) is 53.6 Å². The van der Waals surface area contributed by atoms with Crippen LogP contribution in [0.4, 0.5) is 0 Å². The van der Waals surface area contributed by atoms with Gasteiger partial charge in [-0.25, -0.2) is 8.42 Å². The highest BCUT2D eigenvalue weighted by Gasteiger charge is 2.30. The standard InChI is InChI=1S/C23H31N3O5S/c1-18-4-6-19(7-5-18)17-26(13-10-23(27)25-14-11-24-12-15-25)32(28,29)22-16-20(30-2)8-9-21(22)31-3/h4-9,16,24H,10-15,17H2,1-3H3. The average molecular weight is 462 g/mol. The van der Waals surface area contributed by atoms with E-state index in [9.17, 15) is 13.2 Å². The Balaban J connectivity index is 1.89. The molecule has 0 saturated carbocycles. The first-order valence-electron chi connectivity index (χ1n) is 10.6. The van der Waals surface area contributed by atoms with Crippen molar-refractivity contribution in [2.45, 2.75) is 24.8 Å². The number of ether oxygens (including phenoxy) is 2. The summed E-state index contributed by atoms with van der Waals surface area (Å²) < 4.78 is 39.3. The Morgan fingerprint density at radius 3 is 2.38 bits per heavy atom. The lowest BCUT2D eigenvalue weighted by atomic mass is 10.1. The van der Waals surface area contributed by atoms with Crippen molar-refractivity contribution in [3.63, 3.8) is 0 Å². The molecule has 0 bridgehead atoms. The van der Waals surface area contributed by atoms with Crippen molar-refractivity contribution >= 4 is 15.9 Å². The van der Waals surface area contributed by atoms with Gasteiger partial charge in [-0.1, -0.05) is 29.8 Å². The Labute approximate surface area is 190 Å². The Kier molecular flexibility index (Phi) is 8.11. The summed E-state index contributed by atoms with van der Waals surface area (Å²) >= 11 is 0. The van der Waals surface area contributed by atoms with Gasteiger partial charge in [-0.3, -0.25) is 4.79 Å². The molecule has 1 amide bonds. The molecule has 0 unspecified atom stereocenters. The summed E-state index contributed by atoms with van der Waals surface area (Å²) in [7, 11) is -1.06. The molecule has 1 N–H and O–H groups in total. The summed E-state index contributed by atoms with van der Waals surface area (Å²) in [5.41, 5.74) is 1.93. The van der Waals surface area contributed by atoms with Crippen LogP contribution in [0.1, 0.15) is 17.5 Å². The monoisotopic (exact) mass is 461 g/mol. The number of nitrogens with one attached hydrogen (secondary N) is 1. The van der Waals surface area contributed by atoms with Crippen LogP contribution in [0.3, 0.4) is 0 Å². The molecule has 0 radical (unpaired) electrons. The summed E-state index contributed by atoms with van der Waals surface area (Å²) in [6, 6.07) is 12.4. The maximum Gasteiger partial charge on any atom is 0.247 e. The largest absolute Gasteiger partial charge is 0.497 e. The van der Waals surface area contributed by atoms with E-state index < -0.39 is 10.0 Å². The van der Waals surface area contributed by atoms with Gasteiger partial charge in [0, 0.05) is 51.8 Å². The molecule has 1 heterocycles. The van der Waals surface area contributed by atoms with E-state index in [1.807, 2.05) is 31.2 Å². The zero-order chi connectivity index (χ0) is 23.1. The Morgan fingerprint density at radius 2 is 1.75 bits per heavy atom. The molecule has 0 aromatic heterocycles. The van der Waals surface area contributed by atoms with Crippen LogP contribution in [0, 0.1) is 6.92 Å². The number of hydrogen-bond donors (Lipinski definition) is 1. The number of rotatable bonds is 9. The number of piperazine rings is 1. The van der Waals surface area contributed by atoms with Crippen LogP contribution >= 0.6 is 0 Å². The van der Waals surface area contributed by atoms with Gasteiger partial charge in [0.15, 0.2) is 0 Å². The van der Waals surface area contributed by atoms with Gasteiger partial charge in [-0.05, 0) is 24.6 Å². The Hall–Kier alpha value is -2.62. The summed E-state index contributed by atoms with van der Waals surface area (Å²) in [5, 5.41) is 3.21. The first-order valence-corrected chi connectivity index (χ1v) is 12.1. The third kappa shape index (κ3) is 5.79. The van der Waals surface area contributed by atoms with E-state index in [0.717, 1.165) is 24.2 Å². The smallest absolute Gasteiger partial charge is 0.247 e. The van der Waals surface area contributed by atoms with Crippen LogP contribution in [0.15, 0.2) is 47.4 Å². The molecule has 3 rings (SSSR count). The number of sulfonamides is 1. The van der Waals surface area contributed by atoms with Crippen LogP contribution in [-0.4, -0.2) is 70.5 Å². The summed E-state index contributed by atoms with van der Waals surface area (Å²) in [6.07, 6.45) is 0.109. The molecule has 32 heavy (non-hydrogen) atoms. The minimum absolute atomic E-state index is 0.0149. The molecule has 2 aromatic rings. The lowest BCUT2D eigenvalue weighted by molar-refractivity contribution is -0.131. The van der Waals surface area contributed by atoms with Gasteiger partial charge in [0.1, 0.15) is 16.4 Å². The van der Waals surface area contributed by atoms with Crippen molar-refractivity contribution in [1.82, 2.24) is 14.5 Å². The van der Waals surface area contributed by atoms with Gasteiger partial charge in [0.2, 0.25) is 15.9 Å². The number of benzene rings is 2. The molecule has 8 nitrogen and oxygen atoms in total. The number of amides is 1. The third-order valence-corrected chi connectivity index (χ3v) is 7.38. The number of aryl methyl sites for hydroxylation is 1. The topological polar surface area (TPSA) is 88.2 Å². The van der Waals surface area contributed by atoms with Gasteiger partial charge in [-0.15, -0.1) is 0 Å². The van der Waals surface area contributed by atoms with Gasteiger partial charge < -0.3 is 19.7 Å². The molecule has 0 aliphatic carbocycles. The van der Waals surface area contributed by atoms with E-state index in [4.69, 9.17) is 9.47 Å². The molecule has 1 saturated heterocycles. The maximum atomic E-state index is 13.7. The van der Waals surface area contributed by atoms with E-state index in [1.165, 1.54) is 24.6 Å². The Bertz CT molecular complexity index is 1020. The molecule has 1 aliphatic heterocycles. The Morgan fingerprint density at radius 1 is 1.06 bits per heavy atom. The fourth-order valence-electron chi connectivity index (χ4n) is 3.60. The van der Waals surface area contributed by atoms with Crippen molar-refractivity contribution < 1.29 is 22.7 Å². The zero-order valence-electron chi connectivity index (χ0n) is 18.8. The van der Waals surface area contributed by atoms with Gasteiger partial charge in [0.05, 0.1) is 14.2 Å². The van der Waals surface area contributed by atoms with Crippen LogP contribution in [0.2, 0.25) is 0 Å². The fraction of sp³-hybridized carbons (Fsp3) is 0.435. The van der Waals surface area contributed by atoms with E-state index in [2.05, 4.69) is 5.32 Å². The first-order chi connectivity index (χ1) is 15.3. The highest BCUT2D eigenvalue weighted by molar-refractivity contribution is 7.89. The van der Waals surface area contributed by atoms with Crippen molar-refractivity contribution in [2.24, 2.45) is 0 Å². The van der Waals surface area contributed by atoms with Crippen LogP contribution in [0.5, 0.6) is 11.5 Å². The molecule has 174 valence electrons. The van der Waals surface area contributed by atoms with Crippen LogP contribution in [-0.2, 0) is 21.4 Å². The normalized spacial score (nSPS) is 14.4. The molecule has 0 spiro atoms. The molecular weight excluding hydrogens is 430 g/mol. The highest BCUT2D eigenvalue weighted by Crippen LogP contribution is 2.31. The van der Waals surface area contributed by atoms with E-state index in [-0.39, 0.29) is 36.1 Å². The van der Waals surface area contributed by atoms with Gasteiger partial charge >= 0.3 is 0 Å². The number of carbonyl (C=O) groups excluding carboxylic acids is 1. The summed E-state index contributed by atoms with van der Waals surface area (Å²) in [4.78, 5) is 14.5.